The van der Waals surface area contributed by atoms with Crippen molar-refractivity contribution in [2.24, 2.45) is 0 Å². The lowest BCUT2D eigenvalue weighted by Gasteiger charge is -2.27. The summed E-state index contributed by atoms with van der Waals surface area (Å²) in [5.74, 6) is -0.468. The van der Waals surface area contributed by atoms with Gasteiger partial charge in [-0.2, -0.15) is 0 Å². The first-order valence-corrected chi connectivity index (χ1v) is 6.71. The van der Waals surface area contributed by atoms with Crippen molar-refractivity contribution in [1.82, 2.24) is 9.80 Å². The van der Waals surface area contributed by atoms with E-state index in [1.54, 1.807) is 4.90 Å². The molecule has 0 aliphatic carbocycles. The van der Waals surface area contributed by atoms with Crippen molar-refractivity contribution in [2.75, 3.05) is 19.7 Å². The lowest BCUT2D eigenvalue weighted by atomic mass is 10.2. The number of likely N-dealkylation sites (tertiary alicyclic amines) is 1. The van der Waals surface area contributed by atoms with E-state index in [0.717, 1.165) is 0 Å². The molecule has 0 spiro atoms. The summed E-state index contributed by atoms with van der Waals surface area (Å²) in [5, 5.41) is 8.82. The van der Waals surface area contributed by atoms with E-state index in [1.807, 2.05) is 13.8 Å². The zero-order valence-electron chi connectivity index (χ0n) is 11.6. The standard InChI is InChI=1S/C13H22N2O4/c1-10(2)14(7-3-9-16)13(19)6-8-15-11(17)4-5-12(15)18/h10,16H,3-9H2,1-2H3. The third-order valence-corrected chi connectivity index (χ3v) is 3.20. The van der Waals surface area contributed by atoms with Crippen LogP contribution in [0.25, 0.3) is 0 Å². The summed E-state index contributed by atoms with van der Waals surface area (Å²) < 4.78 is 0. The molecular weight excluding hydrogens is 248 g/mol. The first-order chi connectivity index (χ1) is 8.97. The quantitative estimate of drug-likeness (QED) is 0.668. The number of imide groups is 1. The number of hydrogen-bond acceptors (Lipinski definition) is 4. The van der Waals surface area contributed by atoms with Gasteiger partial charge in [-0.15, -0.1) is 0 Å². The Kier molecular flexibility index (Phi) is 5.95. The topological polar surface area (TPSA) is 77.9 Å². The molecule has 0 aromatic heterocycles. The molecule has 3 amide bonds. The molecule has 0 bridgehead atoms. The number of rotatable bonds is 7. The molecule has 0 unspecified atom stereocenters. The van der Waals surface area contributed by atoms with E-state index in [0.29, 0.717) is 13.0 Å². The summed E-state index contributed by atoms with van der Waals surface area (Å²) in [6, 6.07) is 0.0454. The molecule has 0 atom stereocenters. The van der Waals surface area contributed by atoms with E-state index in [4.69, 9.17) is 5.11 Å². The normalized spacial score (nSPS) is 15.5. The zero-order valence-corrected chi connectivity index (χ0v) is 11.6. The Balaban J connectivity index is 2.48. The summed E-state index contributed by atoms with van der Waals surface area (Å²) in [6.45, 7) is 4.51. The highest BCUT2D eigenvalue weighted by atomic mass is 16.3. The molecule has 1 aliphatic heterocycles. The van der Waals surface area contributed by atoms with Gasteiger partial charge in [0.2, 0.25) is 17.7 Å². The van der Waals surface area contributed by atoms with Crippen molar-refractivity contribution in [1.29, 1.82) is 0 Å². The molecule has 0 aromatic carbocycles. The molecule has 1 saturated heterocycles. The van der Waals surface area contributed by atoms with Crippen LogP contribution in [0.2, 0.25) is 0 Å². The van der Waals surface area contributed by atoms with Crippen LogP contribution >= 0.6 is 0 Å². The maximum atomic E-state index is 12.1. The number of amides is 3. The van der Waals surface area contributed by atoms with Gasteiger partial charge in [0.25, 0.3) is 0 Å². The molecule has 6 nitrogen and oxygen atoms in total. The van der Waals surface area contributed by atoms with E-state index in [1.165, 1.54) is 4.90 Å². The number of carbonyl (C=O) groups is 3. The second-order valence-electron chi connectivity index (χ2n) is 4.95. The molecule has 0 radical (unpaired) electrons. The van der Waals surface area contributed by atoms with Crippen molar-refractivity contribution in [3.05, 3.63) is 0 Å². The van der Waals surface area contributed by atoms with Gasteiger partial charge in [0.1, 0.15) is 0 Å². The fourth-order valence-corrected chi connectivity index (χ4v) is 2.14. The highest BCUT2D eigenvalue weighted by Crippen LogP contribution is 2.13. The molecule has 1 rings (SSSR count). The van der Waals surface area contributed by atoms with Crippen LogP contribution in [0, 0.1) is 0 Å². The van der Waals surface area contributed by atoms with Gasteiger partial charge in [-0.05, 0) is 20.3 Å². The number of aliphatic hydroxyl groups is 1. The minimum Gasteiger partial charge on any atom is -0.396 e. The van der Waals surface area contributed by atoms with Crippen LogP contribution in [-0.4, -0.2) is 58.4 Å². The maximum Gasteiger partial charge on any atom is 0.229 e. The van der Waals surface area contributed by atoms with Gasteiger partial charge in [-0.25, -0.2) is 0 Å². The summed E-state index contributed by atoms with van der Waals surface area (Å²) in [5.41, 5.74) is 0. The molecule has 1 heterocycles. The summed E-state index contributed by atoms with van der Waals surface area (Å²) in [4.78, 5) is 37.7. The Hall–Kier alpha value is -1.43. The first kappa shape index (κ1) is 15.6. The van der Waals surface area contributed by atoms with E-state index < -0.39 is 0 Å². The van der Waals surface area contributed by atoms with Crippen LogP contribution in [0.15, 0.2) is 0 Å². The molecule has 6 heteroatoms. The summed E-state index contributed by atoms with van der Waals surface area (Å²) in [7, 11) is 0. The smallest absolute Gasteiger partial charge is 0.229 e. The van der Waals surface area contributed by atoms with Crippen molar-refractivity contribution < 1.29 is 19.5 Å². The lowest BCUT2D eigenvalue weighted by molar-refractivity contribution is -0.139. The van der Waals surface area contributed by atoms with Crippen LogP contribution in [0.3, 0.4) is 0 Å². The predicted octanol–water partition coefficient (Wildman–Crippen LogP) is 0.145. The Morgan fingerprint density at radius 3 is 2.37 bits per heavy atom. The molecular formula is C13H22N2O4. The maximum absolute atomic E-state index is 12.1. The van der Waals surface area contributed by atoms with Crippen molar-refractivity contribution in [3.8, 4) is 0 Å². The van der Waals surface area contributed by atoms with Gasteiger partial charge in [-0.1, -0.05) is 0 Å². The van der Waals surface area contributed by atoms with Gasteiger partial charge in [-0.3, -0.25) is 19.3 Å². The first-order valence-electron chi connectivity index (χ1n) is 6.71. The number of hydrogen-bond donors (Lipinski definition) is 1. The minimum absolute atomic E-state index is 0.0413. The fourth-order valence-electron chi connectivity index (χ4n) is 2.14. The van der Waals surface area contributed by atoms with E-state index in [9.17, 15) is 14.4 Å². The largest absolute Gasteiger partial charge is 0.396 e. The highest BCUT2D eigenvalue weighted by Gasteiger charge is 2.29. The molecule has 1 fully saturated rings. The third-order valence-electron chi connectivity index (χ3n) is 3.20. The molecule has 19 heavy (non-hydrogen) atoms. The van der Waals surface area contributed by atoms with Crippen molar-refractivity contribution >= 4 is 17.7 Å². The summed E-state index contributed by atoms with van der Waals surface area (Å²) >= 11 is 0. The molecule has 1 N–H and O–H groups in total. The molecule has 108 valence electrons. The monoisotopic (exact) mass is 270 g/mol. The molecule has 0 saturated carbocycles. The zero-order chi connectivity index (χ0) is 14.4. The Morgan fingerprint density at radius 1 is 1.32 bits per heavy atom. The van der Waals surface area contributed by atoms with Gasteiger partial charge in [0, 0.05) is 45.0 Å². The van der Waals surface area contributed by atoms with Crippen molar-refractivity contribution in [2.45, 2.75) is 45.6 Å². The third kappa shape index (κ3) is 4.31. The Morgan fingerprint density at radius 2 is 1.89 bits per heavy atom. The van der Waals surface area contributed by atoms with Gasteiger partial charge in [0.05, 0.1) is 0 Å². The molecule has 0 aromatic rings. The number of nitrogens with zero attached hydrogens (tertiary/aromatic N) is 2. The van der Waals surface area contributed by atoms with Crippen molar-refractivity contribution in [3.63, 3.8) is 0 Å². The SMILES string of the molecule is CC(C)N(CCCO)C(=O)CCN1C(=O)CCC1=O. The predicted molar refractivity (Wildman–Crippen MR) is 69.1 cm³/mol. The second kappa shape index (κ2) is 7.23. The van der Waals surface area contributed by atoms with E-state index in [-0.39, 0.29) is 56.2 Å². The number of aliphatic hydroxyl groups excluding tert-OH is 1. The van der Waals surface area contributed by atoms with Crippen LogP contribution in [0.4, 0.5) is 0 Å². The average Bonchev–Trinajstić information content (AvgIpc) is 2.66. The lowest BCUT2D eigenvalue weighted by Crippen LogP contribution is -2.40. The Labute approximate surface area is 113 Å². The van der Waals surface area contributed by atoms with E-state index in [2.05, 4.69) is 0 Å². The van der Waals surface area contributed by atoms with Crippen LogP contribution in [0.5, 0.6) is 0 Å². The van der Waals surface area contributed by atoms with Crippen LogP contribution in [-0.2, 0) is 14.4 Å². The van der Waals surface area contributed by atoms with Gasteiger partial charge in [0.15, 0.2) is 0 Å². The average molecular weight is 270 g/mol. The second-order valence-corrected chi connectivity index (χ2v) is 4.95. The molecule has 1 aliphatic rings. The van der Waals surface area contributed by atoms with Gasteiger partial charge >= 0.3 is 0 Å². The summed E-state index contributed by atoms with van der Waals surface area (Å²) in [6.07, 6.45) is 1.20. The number of carbonyl (C=O) groups excluding carboxylic acids is 3. The minimum atomic E-state index is -0.191. The van der Waals surface area contributed by atoms with Crippen LogP contribution < -0.4 is 0 Å². The van der Waals surface area contributed by atoms with Gasteiger partial charge < -0.3 is 10.0 Å². The Bertz CT molecular complexity index is 339. The van der Waals surface area contributed by atoms with E-state index >= 15 is 0 Å². The fraction of sp³-hybridized carbons (Fsp3) is 0.769. The highest BCUT2D eigenvalue weighted by molar-refractivity contribution is 6.02. The van der Waals surface area contributed by atoms with Crippen LogP contribution in [0.1, 0.15) is 39.5 Å².